The predicted molar refractivity (Wildman–Crippen MR) is 138 cm³/mol. The van der Waals surface area contributed by atoms with E-state index < -0.39 is 5.92 Å². The van der Waals surface area contributed by atoms with Crippen molar-refractivity contribution in [2.75, 3.05) is 32.0 Å². The predicted octanol–water partition coefficient (Wildman–Crippen LogP) is 4.04. The number of aliphatic hydroxyl groups excluding tert-OH is 1. The highest BCUT2D eigenvalue weighted by Crippen LogP contribution is 2.32. The summed E-state index contributed by atoms with van der Waals surface area (Å²) in [5.41, 5.74) is 3.52. The van der Waals surface area contributed by atoms with Gasteiger partial charge in [0.1, 0.15) is 0 Å². The maximum absolute atomic E-state index is 14.1. The molecule has 0 spiro atoms. The Morgan fingerprint density at radius 3 is 2.11 bits per heavy atom. The highest BCUT2D eigenvalue weighted by Gasteiger charge is 2.33. The van der Waals surface area contributed by atoms with E-state index in [-0.39, 0.29) is 24.0 Å². The lowest BCUT2D eigenvalue weighted by Crippen LogP contribution is -2.41. The standard InChI is InChI=1S/C29H33N3O3/c1-21(33)30-25-15-9-14-24(18-25)27(20-32-17-16-26(34)19-32)31(2)29(35)28(22-10-5-3-6-11-22)23-12-7-4-8-13-23/h3-15,18,26-28,34H,16-17,19-20H2,1-2H3,(H,30,33)/t26-,27+/m0/s1. The van der Waals surface area contributed by atoms with Gasteiger partial charge in [-0.25, -0.2) is 0 Å². The molecule has 6 heteroatoms. The number of nitrogens with zero attached hydrogens (tertiary/aromatic N) is 2. The van der Waals surface area contributed by atoms with Crippen LogP contribution in [0.3, 0.4) is 0 Å². The van der Waals surface area contributed by atoms with Crippen LogP contribution >= 0.6 is 0 Å². The Morgan fingerprint density at radius 2 is 1.57 bits per heavy atom. The molecule has 182 valence electrons. The van der Waals surface area contributed by atoms with Crippen molar-refractivity contribution in [3.63, 3.8) is 0 Å². The van der Waals surface area contributed by atoms with Crippen LogP contribution in [-0.2, 0) is 9.59 Å². The van der Waals surface area contributed by atoms with Crippen LogP contribution in [0.4, 0.5) is 5.69 Å². The van der Waals surface area contributed by atoms with Gasteiger partial charge in [-0.1, -0.05) is 72.8 Å². The molecule has 1 fully saturated rings. The Kier molecular flexibility index (Phi) is 7.95. The number of β-amino-alcohol motifs (C(OH)–C–C–N with tert-alkyl or cyclic N) is 1. The van der Waals surface area contributed by atoms with Gasteiger partial charge in [0.15, 0.2) is 0 Å². The number of benzene rings is 3. The van der Waals surface area contributed by atoms with Crippen LogP contribution < -0.4 is 5.32 Å². The zero-order valence-corrected chi connectivity index (χ0v) is 20.3. The van der Waals surface area contributed by atoms with Crippen LogP contribution in [0.1, 0.15) is 42.0 Å². The Labute approximate surface area is 207 Å². The third-order valence-corrected chi connectivity index (χ3v) is 6.60. The number of carbonyl (C=O) groups is 2. The average Bonchev–Trinajstić information content (AvgIpc) is 3.28. The topological polar surface area (TPSA) is 72.9 Å². The molecule has 0 aromatic heterocycles. The van der Waals surface area contributed by atoms with Gasteiger partial charge in [0.05, 0.1) is 18.1 Å². The summed E-state index contributed by atoms with van der Waals surface area (Å²) in [6.07, 6.45) is 0.385. The van der Waals surface area contributed by atoms with Gasteiger partial charge < -0.3 is 15.3 Å². The van der Waals surface area contributed by atoms with Gasteiger partial charge in [-0.2, -0.15) is 0 Å². The molecule has 1 aliphatic heterocycles. The monoisotopic (exact) mass is 471 g/mol. The van der Waals surface area contributed by atoms with Crippen LogP contribution in [0.5, 0.6) is 0 Å². The molecule has 2 atom stereocenters. The van der Waals surface area contributed by atoms with Crippen LogP contribution in [0.2, 0.25) is 0 Å². The fraction of sp³-hybridized carbons (Fsp3) is 0.310. The van der Waals surface area contributed by atoms with E-state index in [9.17, 15) is 14.7 Å². The van der Waals surface area contributed by atoms with E-state index in [2.05, 4.69) is 10.2 Å². The molecule has 2 amide bonds. The van der Waals surface area contributed by atoms with Crippen molar-refractivity contribution >= 4 is 17.5 Å². The minimum Gasteiger partial charge on any atom is -0.392 e. The summed E-state index contributed by atoms with van der Waals surface area (Å²) in [5, 5.41) is 12.9. The molecule has 0 unspecified atom stereocenters. The molecule has 1 saturated heterocycles. The number of likely N-dealkylation sites (tertiary alicyclic amines) is 1. The first-order chi connectivity index (χ1) is 16.9. The van der Waals surface area contributed by atoms with E-state index in [4.69, 9.17) is 0 Å². The number of anilines is 1. The van der Waals surface area contributed by atoms with E-state index >= 15 is 0 Å². The summed E-state index contributed by atoms with van der Waals surface area (Å²) in [6.45, 7) is 3.45. The van der Waals surface area contributed by atoms with Gasteiger partial charge in [0.2, 0.25) is 11.8 Å². The number of hydrogen-bond donors (Lipinski definition) is 2. The summed E-state index contributed by atoms with van der Waals surface area (Å²) in [6, 6.07) is 27.1. The molecule has 0 saturated carbocycles. The lowest BCUT2D eigenvalue weighted by atomic mass is 9.89. The molecular formula is C29H33N3O3. The molecule has 2 N–H and O–H groups in total. The minimum atomic E-state index is -0.437. The van der Waals surface area contributed by atoms with Gasteiger partial charge in [-0.3, -0.25) is 14.5 Å². The molecule has 0 radical (unpaired) electrons. The van der Waals surface area contributed by atoms with Gasteiger partial charge >= 0.3 is 0 Å². The summed E-state index contributed by atoms with van der Waals surface area (Å²) in [5.74, 6) is -0.580. The van der Waals surface area contributed by atoms with Crippen molar-refractivity contribution in [2.24, 2.45) is 0 Å². The highest BCUT2D eigenvalue weighted by molar-refractivity contribution is 5.89. The van der Waals surface area contributed by atoms with Crippen LogP contribution in [-0.4, -0.2) is 59.5 Å². The molecule has 3 aromatic rings. The highest BCUT2D eigenvalue weighted by atomic mass is 16.3. The second-order valence-electron chi connectivity index (χ2n) is 9.23. The summed E-state index contributed by atoms with van der Waals surface area (Å²) < 4.78 is 0. The van der Waals surface area contributed by atoms with Crippen molar-refractivity contribution in [1.82, 2.24) is 9.80 Å². The summed E-state index contributed by atoms with van der Waals surface area (Å²) >= 11 is 0. The smallest absolute Gasteiger partial charge is 0.234 e. The van der Waals surface area contributed by atoms with Gasteiger partial charge in [-0.05, 0) is 35.2 Å². The Morgan fingerprint density at radius 1 is 0.971 bits per heavy atom. The minimum absolute atomic E-state index is 0.00271. The molecule has 1 aliphatic rings. The van der Waals surface area contributed by atoms with Crippen LogP contribution in [0, 0.1) is 0 Å². The molecule has 1 heterocycles. The van der Waals surface area contributed by atoms with E-state index in [1.54, 1.807) is 0 Å². The Hall–Kier alpha value is -3.48. The van der Waals surface area contributed by atoms with Crippen LogP contribution in [0.15, 0.2) is 84.9 Å². The first-order valence-corrected chi connectivity index (χ1v) is 12.1. The third kappa shape index (κ3) is 6.15. The SMILES string of the molecule is CC(=O)Nc1cccc([C@@H](CN2CC[C@H](O)C2)N(C)C(=O)C(c2ccccc2)c2ccccc2)c1. The van der Waals surface area contributed by atoms with Crippen molar-refractivity contribution < 1.29 is 14.7 Å². The van der Waals surface area contributed by atoms with E-state index in [0.29, 0.717) is 18.8 Å². The van der Waals surface area contributed by atoms with Crippen molar-refractivity contribution in [3.8, 4) is 0 Å². The molecule has 0 bridgehead atoms. The van der Waals surface area contributed by atoms with E-state index in [1.165, 1.54) is 6.92 Å². The number of likely N-dealkylation sites (N-methyl/N-ethyl adjacent to an activating group) is 1. The van der Waals surface area contributed by atoms with Crippen molar-refractivity contribution in [3.05, 3.63) is 102 Å². The fourth-order valence-corrected chi connectivity index (χ4v) is 4.83. The zero-order chi connectivity index (χ0) is 24.8. The first-order valence-electron chi connectivity index (χ1n) is 12.1. The number of nitrogens with one attached hydrogen (secondary N) is 1. The summed E-state index contributed by atoms with van der Waals surface area (Å²) in [7, 11) is 1.85. The maximum Gasteiger partial charge on any atom is 0.234 e. The third-order valence-electron chi connectivity index (χ3n) is 6.60. The lowest BCUT2D eigenvalue weighted by molar-refractivity contribution is -0.133. The normalized spacial score (nSPS) is 16.7. The second-order valence-corrected chi connectivity index (χ2v) is 9.23. The maximum atomic E-state index is 14.1. The molecule has 6 nitrogen and oxygen atoms in total. The second kappa shape index (κ2) is 11.3. The number of carbonyl (C=O) groups excluding carboxylic acids is 2. The van der Waals surface area contributed by atoms with E-state index in [0.717, 1.165) is 29.7 Å². The van der Waals surface area contributed by atoms with E-state index in [1.807, 2.05) is 96.9 Å². The lowest BCUT2D eigenvalue weighted by Gasteiger charge is -2.34. The molecular weight excluding hydrogens is 438 g/mol. The number of rotatable bonds is 8. The number of aliphatic hydroxyl groups is 1. The van der Waals surface area contributed by atoms with Gasteiger partial charge in [0, 0.05) is 39.3 Å². The number of hydrogen-bond acceptors (Lipinski definition) is 4. The first kappa shape index (κ1) is 24.6. The van der Waals surface area contributed by atoms with Crippen LogP contribution in [0.25, 0.3) is 0 Å². The molecule has 0 aliphatic carbocycles. The zero-order valence-electron chi connectivity index (χ0n) is 20.3. The van der Waals surface area contributed by atoms with Crippen molar-refractivity contribution in [1.29, 1.82) is 0 Å². The fourth-order valence-electron chi connectivity index (χ4n) is 4.83. The molecule has 4 rings (SSSR count). The van der Waals surface area contributed by atoms with Gasteiger partial charge in [0.25, 0.3) is 0 Å². The molecule has 35 heavy (non-hydrogen) atoms. The molecule has 3 aromatic carbocycles. The number of amides is 2. The Balaban J connectivity index is 1.70. The summed E-state index contributed by atoms with van der Waals surface area (Å²) in [4.78, 5) is 29.8. The quantitative estimate of drug-likeness (QED) is 0.520. The average molecular weight is 472 g/mol. The Bertz CT molecular complexity index is 1100. The van der Waals surface area contributed by atoms with Crippen molar-refractivity contribution in [2.45, 2.75) is 31.4 Å². The van der Waals surface area contributed by atoms with Gasteiger partial charge in [-0.15, -0.1) is 0 Å². The largest absolute Gasteiger partial charge is 0.392 e.